The summed E-state index contributed by atoms with van der Waals surface area (Å²) in [5.41, 5.74) is 0.253. The standard InChI is InChI=1S/C13H18FN3O2/c1-16-4-2-3-10(9-16)8-15-12-5-11(14)6-13(7-12)17(18)19/h5-7,10,15H,2-4,8-9H2,1H3. The van der Waals surface area contributed by atoms with E-state index in [2.05, 4.69) is 17.3 Å². The minimum Gasteiger partial charge on any atom is -0.384 e. The summed E-state index contributed by atoms with van der Waals surface area (Å²) in [6, 6.07) is 3.59. The number of nitrogens with one attached hydrogen (secondary N) is 1. The number of hydrogen-bond donors (Lipinski definition) is 1. The highest BCUT2D eigenvalue weighted by Crippen LogP contribution is 2.21. The van der Waals surface area contributed by atoms with Crippen molar-refractivity contribution in [3.8, 4) is 0 Å². The van der Waals surface area contributed by atoms with Crippen molar-refractivity contribution in [3.63, 3.8) is 0 Å². The third kappa shape index (κ3) is 3.89. The molecule has 1 aromatic rings. The van der Waals surface area contributed by atoms with Crippen LogP contribution < -0.4 is 5.32 Å². The average molecular weight is 267 g/mol. The Morgan fingerprint density at radius 1 is 1.53 bits per heavy atom. The van der Waals surface area contributed by atoms with Gasteiger partial charge in [0.15, 0.2) is 0 Å². The van der Waals surface area contributed by atoms with Gasteiger partial charge in [0, 0.05) is 24.8 Å². The summed E-state index contributed by atoms with van der Waals surface area (Å²) in [6.45, 7) is 2.83. The van der Waals surface area contributed by atoms with Gasteiger partial charge in [-0.05, 0) is 38.4 Å². The molecule has 1 atom stereocenters. The first-order chi connectivity index (χ1) is 9.04. The number of benzene rings is 1. The Morgan fingerprint density at radius 2 is 2.32 bits per heavy atom. The predicted molar refractivity (Wildman–Crippen MR) is 71.8 cm³/mol. The highest BCUT2D eigenvalue weighted by atomic mass is 19.1. The molecule has 104 valence electrons. The summed E-state index contributed by atoms with van der Waals surface area (Å²) < 4.78 is 13.3. The lowest BCUT2D eigenvalue weighted by Gasteiger charge is -2.29. The van der Waals surface area contributed by atoms with E-state index in [1.54, 1.807) is 0 Å². The summed E-state index contributed by atoms with van der Waals surface area (Å²) in [6.07, 6.45) is 2.29. The lowest BCUT2D eigenvalue weighted by atomic mass is 9.98. The van der Waals surface area contributed by atoms with Crippen LogP contribution in [0.4, 0.5) is 15.8 Å². The SMILES string of the molecule is CN1CCCC(CNc2cc(F)cc([N+](=O)[O-])c2)C1. The van der Waals surface area contributed by atoms with E-state index in [0.717, 1.165) is 32.0 Å². The second-order valence-corrected chi connectivity index (χ2v) is 5.11. The van der Waals surface area contributed by atoms with Gasteiger partial charge in [0.25, 0.3) is 5.69 Å². The van der Waals surface area contributed by atoms with Crippen molar-refractivity contribution in [1.82, 2.24) is 4.90 Å². The smallest absolute Gasteiger partial charge is 0.274 e. The first-order valence-corrected chi connectivity index (χ1v) is 6.42. The van der Waals surface area contributed by atoms with Crippen LogP contribution in [0.15, 0.2) is 18.2 Å². The molecule has 0 aliphatic carbocycles. The quantitative estimate of drug-likeness (QED) is 0.672. The second kappa shape index (κ2) is 5.97. The zero-order valence-electron chi connectivity index (χ0n) is 10.9. The molecule has 1 heterocycles. The Morgan fingerprint density at radius 3 is 3.00 bits per heavy atom. The Labute approximate surface area is 111 Å². The Balaban J connectivity index is 1.97. The molecule has 1 fully saturated rings. The molecule has 0 saturated carbocycles. The molecule has 0 spiro atoms. The van der Waals surface area contributed by atoms with Gasteiger partial charge in [0.1, 0.15) is 5.82 Å². The Kier molecular flexibility index (Phi) is 4.31. The fourth-order valence-electron chi connectivity index (χ4n) is 2.48. The van der Waals surface area contributed by atoms with Gasteiger partial charge in [-0.3, -0.25) is 10.1 Å². The molecule has 1 aliphatic rings. The van der Waals surface area contributed by atoms with Crippen molar-refractivity contribution >= 4 is 11.4 Å². The molecule has 2 rings (SSSR count). The van der Waals surface area contributed by atoms with Gasteiger partial charge in [-0.25, -0.2) is 4.39 Å². The van der Waals surface area contributed by atoms with Gasteiger partial charge in [-0.1, -0.05) is 0 Å². The third-order valence-electron chi connectivity index (χ3n) is 3.41. The van der Waals surface area contributed by atoms with E-state index in [9.17, 15) is 14.5 Å². The predicted octanol–water partition coefficient (Wildman–Crippen LogP) is 2.49. The van der Waals surface area contributed by atoms with Crippen LogP contribution in [0.25, 0.3) is 0 Å². The molecule has 0 amide bonds. The monoisotopic (exact) mass is 267 g/mol. The van der Waals surface area contributed by atoms with Crippen LogP contribution in [0, 0.1) is 21.8 Å². The Hall–Kier alpha value is -1.69. The third-order valence-corrected chi connectivity index (χ3v) is 3.41. The van der Waals surface area contributed by atoms with Crippen LogP contribution in [0.2, 0.25) is 0 Å². The highest BCUT2D eigenvalue weighted by molar-refractivity contribution is 5.51. The van der Waals surface area contributed by atoms with Crippen molar-refractivity contribution in [1.29, 1.82) is 0 Å². The van der Waals surface area contributed by atoms with E-state index in [4.69, 9.17) is 0 Å². The maximum atomic E-state index is 13.3. The van der Waals surface area contributed by atoms with E-state index in [-0.39, 0.29) is 5.69 Å². The number of halogens is 1. The summed E-state index contributed by atoms with van der Waals surface area (Å²) >= 11 is 0. The number of likely N-dealkylation sites (tertiary alicyclic amines) is 1. The number of nitro benzene ring substituents is 1. The van der Waals surface area contributed by atoms with Crippen molar-refractivity contribution in [3.05, 3.63) is 34.1 Å². The number of nitro groups is 1. The molecule has 1 aromatic carbocycles. The fraction of sp³-hybridized carbons (Fsp3) is 0.538. The van der Waals surface area contributed by atoms with Crippen LogP contribution in [-0.4, -0.2) is 36.5 Å². The maximum Gasteiger partial charge on any atom is 0.274 e. The van der Waals surface area contributed by atoms with Crippen LogP contribution in [0.3, 0.4) is 0 Å². The molecule has 0 aromatic heterocycles. The maximum absolute atomic E-state index is 13.3. The molecule has 1 saturated heterocycles. The molecular weight excluding hydrogens is 249 g/mol. The van der Waals surface area contributed by atoms with E-state index in [0.29, 0.717) is 18.2 Å². The number of anilines is 1. The van der Waals surface area contributed by atoms with E-state index in [1.165, 1.54) is 12.1 Å². The van der Waals surface area contributed by atoms with Crippen LogP contribution in [-0.2, 0) is 0 Å². The topological polar surface area (TPSA) is 58.4 Å². The number of rotatable bonds is 4. The molecule has 1 N–H and O–H groups in total. The van der Waals surface area contributed by atoms with Crippen molar-refractivity contribution in [2.45, 2.75) is 12.8 Å². The molecular formula is C13H18FN3O2. The summed E-state index contributed by atoms with van der Waals surface area (Å²) in [5.74, 6) is -0.0847. The zero-order chi connectivity index (χ0) is 13.8. The lowest BCUT2D eigenvalue weighted by Crippen LogP contribution is -2.35. The number of nitrogens with zero attached hydrogens (tertiary/aromatic N) is 2. The lowest BCUT2D eigenvalue weighted by molar-refractivity contribution is -0.385. The number of piperidine rings is 1. The molecule has 6 heteroatoms. The average Bonchev–Trinajstić information content (AvgIpc) is 2.36. The van der Waals surface area contributed by atoms with Crippen LogP contribution in [0.1, 0.15) is 12.8 Å². The summed E-state index contributed by atoms with van der Waals surface area (Å²) in [7, 11) is 2.08. The Bertz CT molecular complexity index is 467. The largest absolute Gasteiger partial charge is 0.384 e. The van der Waals surface area contributed by atoms with Crippen LogP contribution >= 0.6 is 0 Å². The van der Waals surface area contributed by atoms with Gasteiger partial charge in [0.2, 0.25) is 0 Å². The first-order valence-electron chi connectivity index (χ1n) is 6.42. The minimum absolute atomic E-state index is 0.219. The van der Waals surface area contributed by atoms with Gasteiger partial charge >= 0.3 is 0 Å². The zero-order valence-corrected chi connectivity index (χ0v) is 10.9. The van der Waals surface area contributed by atoms with E-state index >= 15 is 0 Å². The van der Waals surface area contributed by atoms with Crippen molar-refractivity contribution < 1.29 is 9.31 Å². The number of non-ortho nitro benzene ring substituents is 1. The molecule has 19 heavy (non-hydrogen) atoms. The first kappa shape index (κ1) is 13.7. The van der Waals surface area contributed by atoms with Gasteiger partial charge in [-0.2, -0.15) is 0 Å². The van der Waals surface area contributed by atoms with Crippen molar-refractivity contribution in [2.24, 2.45) is 5.92 Å². The summed E-state index contributed by atoms with van der Waals surface area (Å²) in [5, 5.41) is 13.8. The van der Waals surface area contributed by atoms with Gasteiger partial charge < -0.3 is 10.2 Å². The van der Waals surface area contributed by atoms with Crippen molar-refractivity contribution in [2.75, 3.05) is 32.0 Å². The molecule has 1 aliphatic heterocycles. The van der Waals surface area contributed by atoms with E-state index in [1.807, 2.05) is 0 Å². The minimum atomic E-state index is -0.586. The number of hydrogen-bond acceptors (Lipinski definition) is 4. The highest BCUT2D eigenvalue weighted by Gasteiger charge is 2.17. The molecule has 1 unspecified atom stereocenters. The van der Waals surface area contributed by atoms with Crippen LogP contribution in [0.5, 0.6) is 0 Å². The summed E-state index contributed by atoms with van der Waals surface area (Å²) in [4.78, 5) is 12.3. The van der Waals surface area contributed by atoms with Gasteiger partial charge in [-0.15, -0.1) is 0 Å². The second-order valence-electron chi connectivity index (χ2n) is 5.11. The fourth-order valence-corrected chi connectivity index (χ4v) is 2.48. The molecule has 0 radical (unpaired) electrons. The normalized spacial score (nSPS) is 20.2. The molecule has 5 nitrogen and oxygen atoms in total. The molecule has 0 bridgehead atoms. The van der Waals surface area contributed by atoms with Gasteiger partial charge in [0.05, 0.1) is 11.0 Å². The van der Waals surface area contributed by atoms with E-state index < -0.39 is 10.7 Å².